The van der Waals surface area contributed by atoms with Gasteiger partial charge in [0.05, 0.1) is 0 Å². The Bertz CT molecular complexity index is 880. The average Bonchev–Trinajstić information content (AvgIpc) is 2.88. The topological polar surface area (TPSA) is 17.1 Å². The number of hydrogen-bond acceptors (Lipinski definition) is 1. The predicted molar refractivity (Wildman–Crippen MR) is 165 cm³/mol. The van der Waals surface area contributed by atoms with Crippen molar-refractivity contribution in [1.82, 2.24) is 0 Å². The van der Waals surface area contributed by atoms with E-state index in [1.165, 1.54) is 25.0 Å². The third-order valence-corrected chi connectivity index (χ3v) is 4.33. The van der Waals surface area contributed by atoms with Gasteiger partial charge in [-0.05, 0) is 74.1 Å². The van der Waals surface area contributed by atoms with Gasteiger partial charge in [-0.2, -0.15) is 0 Å². The van der Waals surface area contributed by atoms with Gasteiger partial charge in [0, 0.05) is 5.56 Å². The van der Waals surface area contributed by atoms with Crippen molar-refractivity contribution in [3.8, 4) is 0 Å². The van der Waals surface area contributed by atoms with E-state index in [9.17, 15) is 9.18 Å². The molecule has 0 aliphatic carbocycles. The molecule has 0 saturated carbocycles. The van der Waals surface area contributed by atoms with Crippen LogP contribution in [-0.4, -0.2) is 5.78 Å². The van der Waals surface area contributed by atoms with Gasteiger partial charge in [0.2, 0.25) is 0 Å². The van der Waals surface area contributed by atoms with Gasteiger partial charge in [-0.1, -0.05) is 110 Å². The SMILES string of the molecule is C=C.C=C(C)C(=C)c1ccccc1/C=C\C.CC.CC.CCC.CCc1c(C)cc(C(C)=O)cc1F. The Morgan fingerprint density at radius 2 is 1.42 bits per heavy atom. The first kappa shape index (κ1) is 40.2. The molecular formula is C34H53FO. The summed E-state index contributed by atoms with van der Waals surface area (Å²) >= 11 is 0. The summed E-state index contributed by atoms with van der Waals surface area (Å²) in [6.45, 7) is 35.4. The summed E-state index contributed by atoms with van der Waals surface area (Å²) in [4.78, 5) is 11.0. The summed E-state index contributed by atoms with van der Waals surface area (Å²) in [7, 11) is 0. The molecule has 36 heavy (non-hydrogen) atoms. The van der Waals surface area contributed by atoms with Gasteiger partial charge in [0.25, 0.3) is 0 Å². The van der Waals surface area contributed by atoms with Crippen LogP contribution in [0.1, 0.15) is 108 Å². The Labute approximate surface area is 223 Å². The number of carbonyl (C=O) groups is 1. The van der Waals surface area contributed by atoms with E-state index in [2.05, 4.69) is 58.4 Å². The molecule has 2 rings (SSSR count). The molecule has 0 heterocycles. The highest BCUT2D eigenvalue weighted by atomic mass is 19.1. The predicted octanol–water partition coefficient (Wildman–Crippen LogP) is 11.5. The molecule has 2 heteroatoms. The molecule has 0 unspecified atom stereocenters. The van der Waals surface area contributed by atoms with Gasteiger partial charge in [-0.3, -0.25) is 4.79 Å². The molecule has 0 N–H and O–H groups in total. The summed E-state index contributed by atoms with van der Waals surface area (Å²) in [5, 5.41) is 0. The largest absolute Gasteiger partial charge is 0.295 e. The first-order chi connectivity index (χ1) is 17.1. The highest BCUT2D eigenvalue weighted by Crippen LogP contribution is 2.23. The van der Waals surface area contributed by atoms with Crippen molar-refractivity contribution < 1.29 is 9.18 Å². The molecule has 0 aliphatic rings. The number of carbonyl (C=O) groups excluding carboxylic acids is 1. The van der Waals surface area contributed by atoms with Crippen molar-refractivity contribution in [3.63, 3.8) is 0 Å². The Balaban J connectivity index is -0.000000216. The Morgan fingerprint density at radius 3 is 1.78 bits per heavy atom. The average molecular weight is 497 g/mol. The maximum Gasteiger partial charge on any atom is 0.159 e. The fourth-order valence-corrected chi connectivity index (χ4v) is 2.75. The monoisotopic (exact) mass is 496 g/mol. The summed E-state index contributed by atoms with van der Waals surface area (Å²) in [5.41, 5.74) is 6.40. The van der Waals surface area contributed by atoms with E-state index in [4.69, 9.17) is 0 Å². The van der Waals surface area contributed by atoms with E-state index in [0.29, 0.717) is 17.5 Å². The molecule has 202 valence electrons. The van der Waals surface area contributed by atoms with Crippen molar-refractivity contribution in [2.45, 2.75) is 89.0 Å². The van der Waals surface area contributed by atoms with E-state index in [1.807, 2.05) is 73.6 Å². The van der Waals surface area contributed by atoms with Crippen LogP contribution in [0.5, 0.6) is 0 Å². The maximum atomic E-state index is 13.3. The summed E-state index contributed by atoms with van der Waals surface area (Å²) in [5.74, 6) is -0.364. The molecule has 0 aromatic heterocycles. The minimum absolute atomic E-state index is 0.0929. The number of aryl methyl sites for hydroxylation is 1. The van der Waals surface area contributed by atoms with Crippen molar-refractivity contribution in [1.29, 1.82) is 0 Å². The Morgan fingerprint density at radius 1 is 0.944 bits per heavy atom. The molecule has 0 radical (unpaired) electrons. The molecule has 0 bridgehead atoms. The molecule has 0 aliphatic heterocycles. The van der Waals surface area contributed by atoms with Crippen LogP contribution in [0.4, 0.5) is 4.39 Å². The third kappa shape index (κ3) is 16.6. The number of Topliss-reactive ketones (excluding diaryl/α,β-unsaturated/α-hetero) is 1. The van der Waals surface area contributed by atoms with Gasteiger partial charge >= 0.3 is 0 Å². The van der Waals surface area contributed by atoms with E-state index < -0.39 is 0 Å². The highest BCUT2D eigenvalue weighted by molar-refractivity contribution is 5.94. The quantitative estimate of drug-likeness (QED) is 0.228. The minimum Gasteiger partial charge on any atom is -0.295 e. The van der Waals surface area contributed by atoms with Crippen LogP contribution in [0.25, 0.3) is 11.6 Å². The van der Waals surface area contributed by atoms with Crippen molar-refractivity contribution in [3.05, 3.63) is 108 Å². The lowest BCUT2D eigenvalue weighted by atomic mass is 9.96. The van der Waals surface area contributed by atoms with Crippen LogP contribution >= 0.6 is 0 Å². The summed E-state index contributed by atoms with van der Waals surface area (Å²) < 4.78 is 13.3. The molecule has 2 aromatic carbocycles. The van der Waals surface area contributed by atoms with Crippen molar-refractivity contribution in [2.24, 2.45) is 0 Å². The van der Waals surface area contributed by atoms with Gasteiger partial charge in [0.1, 0.15) is 5.82 Å². The zero-order chi connectivity index (χ0) is 29.3. The van der Waals surface area contributed by atoms with E-state index >= 15 is 0 Å². The number of allylic oxidation sites excluding steroid dienone is 3. The van der Waals surface area contributed by atoms with Crippen molar-refractivity contribution >= 4 is 17.4 Å². The number of ketones is 1. The van der Waals surface area contributed by atoms with E-state index in [-0.39, 0.29) is 11.6 Å². The molecule has 0 amide bonds. The summed E-state index contributed by atoms with van der Waals surface area (Å²) in [6, 6.07) is 11.3. The summed E-state index contributed by atoms with van der Waals surface area (Å²) in [6.07, 6.45) is 6.03. The number of hydrogen-bond donors (Lipinski definition) is 0. The van der Waals surface area contributed by atoms with Crippen molar-refractivity contribution in [2.75, 3.05) is 0 Å². The number of halogens is 1. The fourth-order valence-electron chi connectivity index (χ4n) is 2.75. The second kappa shape index (κ2) is 26.6. The molecule has 0 atom stereocenters. The van der Waals surface area contributed by atoms with E-state index in [0.717, 1.165) is 22.3 Å². The molecule has 0 saturated heterocycles. The zero-order valence-corrected chi connectivity index (χ0v) is 25.1. The van der Waals surface area contributed by atoms with Gasteiger partial charge in [-0.25, -0.2) is 4.39 Å². The standard InChI is InChI=1S/C14H16.C11H13FO.C3H8.2C2H6.C2H4/c1-5-8-13-9-6-7-10-14(13)12(4)11(2)3;1-4-10-7(2)5-9(8(3)13)6-11(10)12;1-3-2;3*1-2/h5-10H,2,4H2,1,3H3;5-6H,4H2,1-3H3;3H2,1-2H3;2*1-2H3;1-2H2/b8-5-;;;;;. The second-order valence-electron chi connectivity index (χ2n) is 7.22. The zero-order valence-electron chi connectivity index (χ0n) is 25.1. The molecule has 1 nitrogen and oxygen atoms in total. The second-order valence-corrected chi connectivity index (χ2v) is 7.22. The molecule has 2 aromatic rings. The van der Waals surface area contributed by atoms with Crippen LogP contribution in [0.2, 0.25) is 0 Å². The van der Waals surface area contributed by atoms with Gasteiger partial charge in [0.15, 0.2) is 5.78 Å². The number of rotatable bonds is 5. The lowest BCUT2D eigenvalue weighted by Crippen LogP contribution is -1.99. The highest BCUT2D eigenvalue weighted by Gasteiger charge is 2.08. The van der Waals surface area contributed by atoms with Gasteiger partial charge in [-0.15, -0.1) is 13.2 Å². The Hall–Kier alpha value is -3.00. The smallest absolute Gasteiger partial charge is 0.159 e. The maximum absolute atomic E-state index is 13.3. The number of benzene rings is 2. The molecular weight excluding hydrogens is 443 g/mol. The third-order valence-electron chi connectivity index (χ3n) is 4.33. The minimum atomic E-state index is -0.271. The first-order valence-electron chi connectivity index (χ1n) is 13.0. The van der Waals surface area contributed by atoms with Gasteiger partial charge < -0.3 is 0 Å². The van der Waals surface area contributed by atoms with Crippen LogP contribution in [0.3, 0.4) is 0 Å². The van der Waals surface area contributed by atoms with Crippen LogP contribution in [0.15, 0.2) is 74.4 Å². The lowest BCUT2D eigenvalue weighted by Gasteiger charge is -2.08. The van der Waals surface area contributed by atoms with Crippen LogP contribution < -0.4 is 0 Å². The lowest BCUT2D eigenvalue weighted by molar-refractivity contribution is 0.101. The van der Waals surface area contributed by atoms with Crippen LogP contribution in [0, 0.1) is 12.7 Å². The van der Waals surface area contributed by atoms with Crippen LogP contribution in [-0.2, 0) is 6.42 Å². The normalized spacial score (nSPS) is 8.67. The Kier molecular flexibility index (Phi) is 29.7. The molecule has 0 spiro atoms. The first-order valence-corrected chi connectivity index (χ1v) is 13.0. The van der Waals surface area contributed by atoms with E-state index in [1.54, 1.807) is 6.07 Å². The molecule has 0 fully saturated rings. The fraction of sp³-hybridized carbons (Fsp3) is 0.382.